The van der Waals surface area contributed by atoms with Gasteiger partial charge in [-0.15, -0.1) is 0 Å². The lowest BCUT2D eigenvalue weighted by Gasteiger charge is -2.37. The molecule has 1 nitrogen and oxygen atoms in total. The monoisotopic (exact) mass is 233 g/mol. The second-order valence-electron chi connectivity index (χ2n) is 4.25. The van der Waals surface area contributed by atoms with Crippen molar-refractivity contribution in [1.29, 1.82) is 0 Å². The average molecular weight is 233 g/mol. The molecule has 1 rings (SSSR count). The van der Waals surface area contributed by atoms with E-state index in [1.165, 1.54) is 44.0 Å². The summed E-state index contributed by atoms with van der Waals surface area (Å²) in [6, 6.07) is 0. The first kappa shape index (κ1) is 12.7. The second-order valence-corrected chi connectivity index (χ2v) is 5.79. The molecule has 0 aromatic rings. The number of hydrogen-bond acceptors (Lipinski definition) is 3. The van der Waals surface area contributed by atoms with Crippen LogP contribution in [-0.2, 0) is 0 Å². The molecule has 1 aliphatic rings. The highest BCUT2D eigenvalue weighted by atomic mass is 32.2. The minimum absolute atomic E-state index is 0.463. The van der Waals surface area contributed by atoms with Crippen molar-refractivity contribution in [2.75, 3.05) is 36.9 Å². The quantitative estimate of drug-likeness (QED) is 0.727. The second kappa shape index (κ2) is 6.29. The van der Waals surface area contributed by atoms with Gasteiger partial charge in [0.15, 0.2) is 0 Å². The van der Waals surface area contributed by atoms with Gasteiger partial charge in [-0.2, -0.15) is 24.4 Å². The average Bonchev–Trinajstić information content (AvgIpc) is 2.28. The van der Waals surface area contributed by atoms with Gasteiger partial charge in [0.1, 0.15) is 0 Å². The van der Waals surface area contributed by atoms with Crippen LogP contribution in [-0.4, -0.2) is 41.8 Å². The fraction of sp³-hybridized carbons (Fsp3) is 1.00. The van der Waals surface area contributed by atoms with E-state index in [1.807, 2.05) is 0 Å². The molecular weight excluding hydrogens is 210 g/mol. The zero-order valence-electron chi connectivity index (χ0n) is 9.46. The van der Waals surface area contributed by atoms with Crippen LogP contribution < -0.4 is 0 Å². The molecule has 84 valence electrons. The largest absolute Gasteiger partial charge is 0.301 e. The Morgan fingerprint density at radius 2 is 1.79 bits per heavy atom. The van der Waals surface area contributed by atoms with Gasteiger partial charge in [0, 0.05) is 31.1 Å². The topological polar surface area (TPSA) is 3.24 Å². The van der Waals surface area contributed by atoms with Crippen molar-refractivity contribution in [2.24, 2.45) is 5.41 Å². The third kappa shape index (κ3) is 3.35. The van der Waals surface area contributed by atoms with Gasteiger partial charge in [-0.05, 0) is 24.0 Å². The maximum absolute atomic E-state index is 4.53. The van der Waals surface area contributed by atoms with E-state index in [0.29, 0.717) is 5.41 Å². The van der Waals surface area contributed by atoms with Crippen LogP contribution in [0.15, 0.2) is 0 Å². The highest BCUT2D eigenvalue weighted by molar-refractivity contribution is 7.99. The van der Waals surface area contributed by atoms with E-state index in [-0.39, 0.29) is 0 Å². The summed E-state index contributed by atoms with van der Waals surface area (Å²) in [7, 11) is 0. The first-order valence-corrected chi connectivity index (χ1v) is 7.46. The molecule has 1 aliphatic heterocycles. The first-order chi connectivity index (χ1) is 6.76. The Kier molecular flexibility index (Phi) is 5.72. The van der Waals surface area contributed by atoms with Crippen LogP contribution in [0.4, 0.5) is 0 Å². The number of hydrogen-bond donors (Lipinski definition) is 1. The molecule has 0 radical (unpaired) electrons. The fourth-order valence-electron chi connectivity index (χ4n) is 1.98. The SMILES string of the molecule is CCC(CC)(CS)CN1CCSCC1. The summed E-state index contributed by atoms with van der Waals surface area (Å²) < 4.78 is 0. The Bertz CT molecular complexity index is 143. The lowest BCUT2D eigenvalue weighted by Crippen LogP contribution is -2.42. The van der Waals surface area contributed by atoms with Gasteiger partial charge < -0.3 is 4.90 Å². The van der Waals surface area contributed by atoms with E-state index in [0.717, 1.165) is 5.75 Å². The third-order valence-corrected chi connectivity index (χ3v) is 5.11. The van der Waals surface area contributed by atoms with Gasteiger partial charge in [-0.1, -0.05) is 13.8 Å². The molecule has 0 aliphatic carbocycles. The smallest absolute Gasteiger partial charge is 0.00729 e. The Morgan fingerprint density at radius 3 is 2.21 bits per heavy atom. The normalized spacial score (nSPS) is 19.9. The standard InChI is InChI=1S/C11H23NS2/c1-3-11(4-2,10-13)9-12-5-7-14-8-6-12/h13H,3-10H2,1-2H3. The zero-order chi connectivity index (χ0) is 10.4. The lowest BCUT2D eigenvalue weighted by molar-refractivity contribution is 0.169. The summed E-state index contributed by atoms with van der Waals surface area (Å²) in [6.07, 6.45) is 2.52. The van der Waals surface area contributed by atoms with Crippen LogP contribution in [0.3, 0.4) is 0 Å². The Hall–Kier alpha value is 0.660. The molecule has 0 amide bonds. The first-order valence-electron chi connectivity index (χ1n) is 5.67. The van der Waals surface area contributed by atoms with E-state index in [1.54, 1.807) is 0 Å². The zero-order valence-corrected chi connectivity index (χ0v) is 11.2. The number of thiol groups is 1. The van der Waals surface area contributed by atoms with Crippen molar-refractivity contribution in [3.8, 4) is 0 Å². The molecule has 1 saturated heterocycles. The maximum Gasteiger partial charge on any atom is 0.00729 e. The van der Waals surface area contributed by atoms with Crippen molar-refractivity contribution in [2.45, 2.75) is 26.7 Å². The molecule has 14 heavy (non-hydrogen) atoms. The van der Waals surface area contributed by atoms with Crippen molar-refractivity contribution < 1.29 is 0 Å². The van der Waals surface area contributed by atoms with Crippen molar-refractivity contribution >= 4 is 24.4 Å². The molecule has 0 unspecified atom stereocenters. The number of thioether (sulfide) groups is 1. The fourth-order valence-corrected chi connectivity index (χ4v) is 3.51. The van der Waals surface area contributed by atoms with Gasteiger partial charge in [0.05, 0.1) is 0 Å². The van der Waals surface area contributed by atoms with Gasteiger partial charge in [0.2, 0.25) is 0 Å². The van der Waals surface area contributed by atoms with Crippen LogP contribution in [0, 0.1) is 5.41 Å². The summed E-state index contributed by atoms with van der Waals surface area (Å²) in [4.78, 5) is 2.62. The molecular formula is C11H23NS2. The summed E-state index contributed by atoms with van der Waals surface area (Å²) >= 11 is 6.62. The van der Waals surface area contributed by atoms with Crippen LogP contribution in [0.1, 0.15) is 26.7 Å². The minimum atomic E-state index is 0.463. The summed E-state index contributed by atoms with van der Waals surface area (Å²) in [5.41, 5.74) is 0.463. The van der Waals surface area contributed by atoms with Crippen LogP contribution in [0.5, 0.6) is 0 Å². The van der Waals surface area contributed by atoms with Gasteiger partial charge in [-0.25, -0.2) is 0 Å². The predicted molar refractivity (Wildman–Crippen MR) is 70.6 cm³/mol. The van der Waals surface area contributed by atoms with Gasteiger partial charge in [-0.3, -0.25) is 0 Å². The summed E-state index contributed by atoms with van der Waals surface area (Å²) in [5.74, 6) is 3.66. The Labute approximate surface area is 98.4 Å². The highest BCUT2D eigenvalue weighted by Gasteiger charge is 2.27. The molecule has 1 heterocycles. The maximum atomic E-state index is 4.53. The van der Waals surface area contributed by atoms with Crippen molar-refractivity contribution in [1.82, 2.24) is 4.90 Å². The van der Waals surface area contributed by atoms with E-state index >= 15 is 0 Å². The van der Waals surface area contributed by atoms with Crippen LogP contribution in [0.25, 0.3) is 0 Å². The van der Waals surface area contributed by atoms with Crippen LogP contribution in [0.2, 0.25) is 0 Å². The molecule has 0 spiro atoms. The van der Waals surface area contributed by atoms with Crippen LogP contribution >= 0.6 is 24.4 Å². The Balaban J connectivity index is 2.44. The summed E-state index contributed by atoms with van der Waals surface area (Å²) in [6.45, 7) is 8.42. The third-order valence-electron chi connectivity index (χ3n) is 3.50. The molecule has 0 bridgehead atoms. The number of nitrogens with zero attached hydrogens (tertiary/aromatic N) is 1. The Morgan fingerprint density at radius 1 is 1.21 bits per heavy atom. The molecule has 3 heteroatoms. The summed E-state index contributed by atoms with van der Waals surface area (Å²) in [5, 5.41) is 0. The molecule has 0 atom stereocenters. The minimum Gasteiger partial charge on any atom is -0.301 e. The van der Waals surface area contributed by atoms with Gasteiger partial charge >= 0.3 is 0 Å². The van der Waals surface area contributed by atoms with Crippen molar-refractivity contribution in [3.05, 3.63) is 0 Å². The molecule has 0 saturated carbocycles. The molecule has 0 N–H and O–H groups in total. The van der Waals surface area contributed by atoms with E-state index in [4.69, 9.17) is 0 Å². The highest BCUT2D eigenvalue weighted by Crippen LogP contribution is 2.29. The predicted octanol–water partition coefficient (Wildman–Crippen LogP) is 2.77. The van der Waals surface area contributed by atoms with Crippen molar-refractivity contribution in [3.63, 3.8) is 0 Å². The van der Waals surface area contributed by atoms with Gasteiger partial charge in [0.25, 0.3) is 0 Å². The van der Waals surface area contributed by atoms with E-state index in [2.05, 4.69) is 43.1 Å². The molecule has 0 aromatic heterocycles. The molecule has 0 aromatic carbocycles. The van der Waals surface area contributed by atoms with E-state index < -0.39 is 0 Å². The van der Waals surface area contributed by atoms with E-state index in [9.17, 15) is 0 Å². The lowest BCUT2D eigenvalue weighted by atomic mass is 9.84. The number of rotatable bonds is 5. The molecule has 1 fully saturated rings.